The molecule has 12 amide bonds. The summed E-state index contributed by atoms with van der Waals surface area (Å²) in [6.07, 6.45) is 9.94. The number of nitrogens with zero attached hydrogens (tertiary/aromatic N) is 2. The van der Waals surface area contributed by atoms with Crippen LogP contribution in [0.4, 0.5) is 0 Å². The lowest BCUT2D eigenvalue weighted by atomic mass is 9.94. The molecule has 2 aromatic carbocycles. The standard InChI is InChI=1S/C73H112N15O12Si/c1-13-45(4)53(31-33-62(92)83-56(66(75)95)36-47-24-25-47)85-70(99)58(39-50-41-76-43-88(50)12)84-64(94)42-80-71(100)65(44(2)3)87-67(96)46(5)81-69(98)57(38-49-40-79-54-21-15-14-20-52(49)54)86-68(97)55(30-32-59(74)89)82-61(91)23-17-19-34-77-60(90)22-16-18-35-78-63(93)37-48-26-28-51(29-27-48)101(72(6,7)8)73(9,10)11/h14-15,20-21,26-29,40-41,43-47,53,55-58,65,79H,13,16-19,22-25,30-39,42H2,1-12H3,(H2,74,89)(H2,75,95)(H,77,90)(H,78,93)(H,80,100)(H,81,98)(H,82,91)(H,83,92)(H,84,94)(H,85,99)(H,86,97)(H,87,96)/t45-,46-,53+,55-,56-,57-,58-,65-/m0/s1. The Morgan fingerprint density at radius 3 is 1.78 bits per heavy atom. The summed E-state index contributed by atoms with van der Waals surface area (Å²) >= 11 is 0. The van der Waals surface area contributed by atoms with E-state index in [-0.39, 0.29) is 91.5 Å². The summed E-state index contributed by atoms with van der Waals surface area (Å²) in [4.78, 5) is 168. The molecule has 555 valence electrons. The maximum absolute atomic E-state index is 14.4. The Kier molecular flexibility index (Phi) is 32.7. The molecule has 28 heteroatoms. The number of nitrogens with one attached hydrogen (secondary N) is 11. The summed E-state index contributed by atoms with van der Waals surface area (Å²) < 4.78 is 1.69. The van der Waals surface area contributed by atoms with Crippen LogP contribution in [0.25, 0.3) is 10.9 Å². The van der Waals surface area contributed by atoms with Gasteiger partial charge in [0, 0.05) is 93.7 Å². The first-order valence-corrected chi connectivity index (χ1v) is 37.1. The van der Waals surface area contributed by atoms with Gasteiger partial charge >= 0.3 is 0 Å². The number of H-pyrrole nitrogens is 1. The number of carbonyl (C=O) groups is 12. The van der Waals surface area contributed by atoms with Crippen LogP contribution in [0.5, 0.6) is 0 Å². The van der Waals surface area contributed by atoms with Crippen LogP contribution in [0.1, 0.15) is 183 Å². The van der Waals surface area contributed by atoms with Crippen LogP contribution in [-0.4, -0.2) is 156 Å². The minimum atomic E-state index is -1.36. The quantitative estimate of drug-likeness (QED) is 0.0224. The van der Waals surface area contributed by atoms with Gasteiger partial charge in [0.25, 0.3) is 0 Å². The smallest absolute Gasteiger partial charge is 0.243 e. The zero-order valence-electron chi connectivity index (χ0n) is 61.2. The number of benzene rings is 2. The fraction of sp³-hybridized carbons (Fsp3) is 0.603. The molecule has 5 rings (SSSR count). The van der Waals surface area contributed by atoms with Crippen LogP contribution in [0.15, 0.2) is 67.3 Å². The molecule has 0 aliphatic heterocycles. The van der Waals surface area contributed by atoms with Crippen molar-refractivity contribution in [3.63, 3.8) is 0 Å². The minimum absolute atomic E-state index is 0.000595. The van der Waals surface area contributed by atoms with E-state index >= 15 is 0 Å². The highest BCUT2D eigenvalue weighted by atomic mass is 28.3. The maximum Gasteiger partial charge on any atom is 0.243 e. The third-order valence-corrected chi connectivity index (χ3v) is 22.1. The Bertz CT molecular complexity index is 3450. The maximum atomic E-state index is 14.4. The number of aromatic amines is 1. The molecule has 101 heavy (non-hydrogen) atoms. The molecule has 0 bridgehead atoms. The van der Waals surface area contributed by atoms with E-state index in [1.54, 1.807) is 50.2 Å². The third kappa shape index (κ3) is 28.5. The molecular formula is C73H112N15O12Si. The van der Waals surface area contributed by atoms with Crippen molar-refractivity contribution >= 4 is 95.8 Å². The average molecular weight is 1420 g/mol. The van der Waals surface area contributed by atoms with Crippen molar-refractivity contribution in [2.45, 2.75) is 238 Å². The second kappa shape index (κ2) is 39.9. The van der Waals surface area contributed by atoms with Crippen molar-refractivity contribution < 1.29 is 57.5 Å². The second-order valence-electron chi connectivity index (χ2n) is 29.4. The Morgan fingerprint density at radius 1 is 0.604 bits per heavy atom. The second-order valence-corrected chi connectivity index (χ2v) is 33.7. The molecule has 27 nitrogen and oxygen atoms in total. The number of hydrogen-bond acceptors (Lipinski definition) is 13. The van der Waals surface area contributed by atoms with E-state index in [1.807, 2.05) is 44.2 Å². The van der Waals surface area contributed by atoms with Gasteiger partial charge in [-0.05, 0) is 96.9 Å². The Morgan fingerprint density at radius 2 is 1.19 bits per heavy atom. The van der Waals surface area contributed by atoms with Crippen molar-refractivity contribution in [3.05, 3.63) is 84.1 Å². The van der Waals surface area contributed by atoms with E-state index in [1.165, 1.54) is 12.1 Å². The van der Waals surface area contributed by atoms with Gasteiger partial charge in [-0.15, -0.1) is 0 Å². The summed E-state index contributed by atoms with van der Waals surface area (Å²) in [5.74, 6) is -7.22. The Balaban J connectivity index is 1.12. The molecule has 15 N–H and O–H groups in total. The van der Waals surface area contributed by atoms with Gasteiger partial charge in [0.2, 0.25) is 70.9 Å². The molecule has 2 aromatic heterocycles. The lowest BCUT2D eigenvalue weighted by Gasteiger charge is -2.39. The van der Waals surface area contributed by atoms with Gasteiger partial charge < -0.3 is 74.2 Å². The molecule has 1 aliphatic carbocycles. The third-order valence-electron chi connectivity index (χ3n) is 18.2. The fourth-order valence-corrected chi connectivity index (χ4v) is 17.0. The van der Waals surface area contributed by atoms with E-state index < -0.39 is 117 Å². The Labute approximate surface area is 596 Å². The molecule has 0 unspecified atom stereocenters. The largest absolute Gasteiger partial charge is 0.370 e. The first-order valence-electron chi connectivity index (χ1n) is 35.6. The number of aromatic nitrogens is 3. The van der Waals surface area contributed by atoms with Crippen LogP contribution in [0.2, 0.25) is 10.1 Å². The number of nitrogens with two attached hydrogens (primary N) is 2. The number of amides is 12. The van der Waals surface area contributed by atoms with Crippen LogP contribution in [0, 0.1) is 17.8 Å². The minimum Gasteiger partial charge on any atom is -0.370 e. The van der Waals surface area contributed by atoms with E-state index in [2.05, 4.69) is 117 Å². The highest BCUT2D eigenvalue weighted by Gasteiger charge is 2.39. The van der Waals surface area contributed by atoms with Crippen molar-refractivity contribution in [1.29, 1.82) is 0 Å². The predicted molar refractivity (Wildman–Crippen MR) is 388 cm³/mol. The fourth-order valence-electron chi connectivity index (χ4n) is 12.5. The molecule has 2 heterocycles. The number of hydrogen-bond donors (Lipinski definition) is 13. The Hall–Kier alpha value is -8.95. The number of carbonyl (C=O) groups excluding carboxylic acids is 12. The molecule has 4 aromatic rings. The van der Waals surface area contributed by atoms with Gasteiger partial charge in [-0.2, -0.15) is 0 Å². The van der Waals surface area contributed by atoms with Crippen molar-refractivity contribution in [2.24, 2.45) is 36.3 Å². The molecule has 1 aliphatic rings. The van der Waals surface area contributed by atoms with E-state index in [9.17, 15) is 57.5 Å². The number of unbranched alkanes of at least 4 members (excludes halogenated alkanes) is 2. The predicted octanol–water partition coefficient (Wildman–Crippen LogP) is 3.37. The van der Waals surface area contributed by atoms with Gasteiger partial charge in [0.15, 0.2) is 0 Å². The number of rotatable bonds is 43. The van der Waals surface area contributed by atoms with Gasteiger partial charge in [-0.25, -0.2) is 4.98 Å². The number of imidazole rings is 1. The van der Waals surface area contributed by atoms with Crippen molar-refractivity contribution in [2.75, 3.05) is 19.6 Å². The zero-order chi connectivity index (χ0) is 74.7. The van der Waals surface area contributed by atoms with E-state index in [4.69, 9.17) is 11.5 Å². The summed E-state index contributed by atoms with van der Waals surface area (Å²) in [5.41, 5.74) is 14.0. The highest BCUT2D eigenvalue weighted by Crippen LogP contribution is 2.41. The molecular weight excluding hydrogens is 1310 g/mol. The van der Waals surface area contributed by atoms with Crippen LogP contribution in [-0.2, 0) is 83.8 Å². The van der Waals surface area contributed by atoms with Gasteiger partial charge in [0.1, 0.15) is 36.3 Å². The summed E-state index contributed by atoms with van der Waals surface area (Å²) in [6, 6.07) is 8.03. The molecule has 1 saturated carbocycles. The monoisotopic (exact) mass is 1420 g/mol. The summed E-state index contributed by atoms with van der Waals surface area (Å²) in [6.45, 7) is 22.5. The number of para-hydroxylation sites is 1. The van der Waals surface area contributed by atoms with Gasteiger partial charge in [-0.1, -0.05) is 136 Å². The lowest BCUT2D eigenvalue weighted by molar-refractivity contribution is -0.135. The lowest BCUT2D eigenvalue weighted by Crippen LogP contribution is -2.59. The number of fused-ring (bicyclic) bond motifs is 1. The first-order chi connectivity index (χ1) is 47.6. The molecule has 1 radical (unpaired) electrons. The molecule has 1 fully saturated rings. The van der Waals surface area contributed by atoms with Gasteiger partial charge in [-0.3, -0.25) is 57.5 Å². The average Bonchev–Trinajstić information content (AvgIpc) is 1.13. The molecule has 0 saturated heterocycles. The van der Waals surface area contributed by atoms with Crippen molar-refractivity contribution in [1.82, 2.24) is 67.7 Å². The van der Waals surface area contributed by atoms with E-state index in [0.717, 1.165) is 29.3 Å². The molecule has 0 spiro atoms. The van der Waals surface area contributed by atoms with Crippen LogP contribution < -0.4 is 69.8 Å². The first kappa shape index (κ1) is 82.7. The zero-order valence-corrected chi connectivity index (χ0v) is 62.2. The van der Waals surface area contributed by atoms with Gasteiger partial charge in [0.05, 0.1) is 28.1 Å². The molecule has 8 atom stereocenters. The number of primary amides is 2. The van der Waals surface area contributed by atoms with E-state index in [0.29, 0.717) is 68.8 Å². The normalized spacial score (nSPS) is 14.8. The SMILES string of the molecule is CC[C@H](C)[C@@H](CCC(=O)N[C@@H](CC1CC1)C(N)=O)NC(=O)[C@H](Cc1cncn1C)NC(=O)CNC(=O)[C@@H](NC(=O)[C@H](C)NC(=O)[C@H](Cc1c[nH]c2ccccc12)NC(=O)[C@H](CCC(N)=O)NC(=O)CCCCNC(=O)CCCCNC(=O)Cc1ccc([Si](C(C)(C)C)C(C)(C)C)cc1)C(C)C. The topological polar surface area (TPSA) is 411 Å². The van der Waals surface area contributed by atoms with Crippen LogP contribution >= 0.6 is 0 Å². The highest BCUT2D eigenvalue weighted by molar-refractivity contribution is 6.78. The summed E-state index contributed by atoms with van der Waals surface area (Å²) in [7, 11) is 0.831. The van der Waals surface area contributed by atoms with Crippen LogP contribution in [0.3, 0.4) is 0 Å². The van der Waals surface area contributed by atoms with Crippen molar-refractivity contribution in [3.8, 4) is 0 Å². The number of aryl methyl sites for hydroxylation is 1. The summed E-state index contributed by atoms with van der Waals surface area (Å²) in [5, 5.41) is 30.0.